The summed E-state index contributed by atoms with van der Waals surface area (Å²) < 4.78 is 68.0. The van der Waals surface area contributed by atoms with Crippen LogP contribution in [-0.2, 0) is 6.18 Å². The Bertz CT molecular complexity index is 1430. The summed E-state index contributed by atoms with van der Waals surface area (Å²) in [6.45, 7) is 0. The highest BCUT2D eigenvalue weighted by atomic mass is 19.4. The minimum atomic E-state index is -4.81. The average molecular weight is 455 g/mol. The highest BCUT2D eigenvalue weighted by molar-refractivity contribution is 5.70. The Morgan fingerprint density at radius 3 is 2.48 bits per heavy atom. The number of nitriles is 1. The van der Waals surface area contributed by atoms with E-state index in [4.69, 9.17) is 0 Å². The molecule has 5 nitrogen and oxygen atoms in total. The molecule has 3 heterocycles. The standard InChI is InChI=1S/C23H14F5N5/c24-14-3-6-20-32-21(13-1-2-13)22(33(20)11-14)18-7-12(10-29)8-19(31-18)30-15-4-5-16(17(25)9-15)23(26,27)28/h3-9,11,13H,1-2H2,(H,30,31). The number of imidazole rings is 1. The molecule has 1 aliphatic rings. The summed E-state index contributed by atoms with van der Waals surface area (Å²) in [4.78, 5) is 9.08. The maximum Gasteiger partial charge on any atom is 0.419 e. The molecule has 1 aromatic carbocycles. The number of pyridine rings is 2. The van der Waals surface area contributed by atoms with E-state index in [1.54, 1.807) is 10.5 Å². The van der Waals surface area contributed by atoms with E-state index in [1.807, 2.05) is 6.07 Å². The van der Waals surface area contributed by atoms with Crippen LogP contribution in [0.5, 0.6) is 0 Å². The van der Waals surface area contributed by atoms with Gasteiger partial charge in [-0.1, -0.05) is 0 Å². The van der Waals surface area contributed by atoms with Crippen LogP contribution in [0.4, 0.5) is 33.5 Å². The topological polar surface area (TPSA) is 66.0 Å². The van der Waals surface area contributed by atoms with E-state index in [9.17, 15) is 27.2 Å². The van der Waals surface area contributed by atoms with Crippen LogP contribution in [0.1, 0.15) is 35.6 Å². The first-order valence-corrected chi connectivity index (χ1v) is 9.97. The minimum Gasteiger partial charge on any atom is -0.340 e. The summed E-state index contributed by atoms with van der Waals surface area (Å²) in [7, 11) is 0. The molecule has 4 aromatic rings. The van der Waals surface area contributed by atoms with Gasteiger partial charge in [0.25, 0.3) is 0 Å². The molecule has 166 valence electrons. The van der Waals surface area contributed by atoms with Gasteiger partial charge in [0.2, 0.25) is 0 Å². The fourth-order valence-electron chi connectivity index (χ4n) is 3.68. The zero-order valence-electron chi connectivity index (χ0n) is 16.8. The fraction of sp³-hybridized carbons (Fsp3) is 0.174. The third-order valence-corrected chi connectivity index (χ3v) is 5.32. The van der Waals surface area contributed by atoms with Gasteiger partial charge in [0.05, 0.1) is 34.3 Å². The number of halogens is 5. The van der Waals surface area contributed by atoms with E-state index in [-0.39, 0.29) is 23.0 Å². The van der Waals surface area contributed by atoms with Crippen LogP contribution in [0.15, 0.2) is 48.7 Å². The van der Waals surface area contributed by atoms with Crippen molar-refractivity contribution in [2.24, 2.45) is 0 Å². The van der Waals surface area contributed by atoms with Crippen LogP contribution in [0.2, 0.25) is 0 Å². The van der Waals surface area contributed by atoms with Gasteiger partial charge in [-0.05, 0) is 55.3 Å². The molecule has 0 saturated heterocycles. The molecule has 10 heteroatoms. The van der Waals surface area contributed by atoms with Crippen molar-refractivity contribution in [3.05, 3.63) is 77.1 Å². The largest absolute Gasteiger partial charge is 0.419 e. The Kier molecular flexibility index (Phi) is 4.78. The quantitative estimate of drug-likeness (QED) is 0.373. The van der Waals surface area contributed by atoms with Gasteiger partial charge < -0.3 is 5.32 Å². The number of aromatic nitrogens is 3. The van der Waals surface area contributed by atoms with Gasteiger partial charge in [0.1, 0.15) is 23.1 Å². The zero-order valence-corrected chi connectivity index (χ0v) is 16.8. The van der Waals surface area contributed by atoms with Crippen LogP contribution < -0.4 is 5.32 Å². The second-order valence-corrected chi connectivity index (χ2v) is 7.75. The van der Waals surface area contributed by atoms with E-state index in [0.29, 0.717) is 29.2 Å². The number of benzene rings is 1. The number of hydrogen-bond acceptors (Lipinski definition) is 4. The molecule has 3 aromatic heterocycles. The highest BCUT2D eigenvalue weighted by Gasteiger charge is 2.34. The molecule has 5 rings (SSSR count). The number of anilines is 2. The second kappa shape index (κ2) is 7.55. The molecular formula is C23H14F5N5. The molecule has 0 bridgehead atoms. The molecule has 1 N–H and O–H groups in total. The van der Waals surface area contributed by atoms with E-state index in [2.05, 4.69) is 15.3 Å². The highest BCUT2D eigenvalue weighted by Crippen LogP contribution is 2.44. The molecular weight excluding hydrogens is 441 g/mol. The summed E-state index contributed by atoms with van der Waals surface area (Å²) in [5, 5.41) is 12.2. The molecule has 1 saturated carbocycles. The number of rotatable bonds is 4. The van der Waals surface area contributed by atoms with Gasteiger partial charge in [-0.2, -0.15) is 18.4 Å². The molecule has 1 aliphatic carbocycles. The molecule has 1 fully saturated rings. The van der Waals surface area contributed by atoms with Gasteiger partial charge >= 0.3 is 6.18 Å². The average Bonchev–Trinajstić information content (AvgIpc) is 3.53. The van der Waals surface area contributed by atoms with Gasteiger partial charge in [0.15, 0.2) is 0 Å². The minimum absolute atomic E-state index is 0.0284. The Morgan fingerprint density at radius 2 is 1.82 bits per heavy atom. The van der Waals surface area contributed by atoms with Crippen molar-refractivity contribution in [3.63, 3.8) is 0 Å². The molecule has 0 amide bonds. The molecule has 0 radical (unpaired) electrons. The van der Waals surface area contributed by atoms with Crippen LogP contribution in [0.25, 0.3) is 17.0 Å². The third kappa shape index (κ3) is 3.98. The number of nitrogens with zero attached hydrogens (tertiary/aromatic N) is 4. The first-order chi connectivity index (χ1) is 15.7. The van der Waals surface area contributed by atoms with Gasteiger partial charge in [-0.15, -0.1) is 0 Å². The van der Waals surface area contributed by atoms with Gasteiger partial charge in [-0.25, -0.2) is 18.7 Å². The number of hydrogen-bond donors (Lipinski definition) is 1. The van der Waals surface area contributed by atoms with Gasteiger partial charge in [0, 0.05) is 17.8 Å². The Morgan fingerprint density at radius 1 is 1.03 bits per heavy atom. The van der Waals surface area contributed by atoms with E-state index >= 15 is 0 Å². The van der Waals surface area contributed by atoms with Crippen molar-refractivity contribution < 1.29 is 22.0 Å². The molecule has 0 spiro atoms. The molecule has 0 unspecified atom stereocenters. The fourth-order valence-corrected chi connectivity index (χ4v) is 3.68. The second-order valence-electron chi connectivity index (χ2n) is 7.75. The molecule has 0 atom stereocenters. The van der Waals surface area contributed by atoms with E-state index in [0.717, 1.165) is 24.6 Å². The smallest absolute Gasteiger partial charge is 0.340 e. The van der Waals surface area contributed by atoms with E-state index < -0.39 is 23.4 Å². The third-order valence-electron chi connectivity index (χ3n) is 5.32. The maximum absolute atomic E-state index is 14.0. The van der Waals surface area contributed by atoms with Crippen LogP contribution >= 0.6 is 0 Å². The lowest BCUT2D eigenvalue weighted by molar-refractivity contribution is -0.139. The number of fused-ring (bicyclic) bond motifs is 1. The number of alkyl halides is 3. The molecule has 33 heavy (non-hydrogen) atoms. The predicted molar refractivity (Wildman–Crippen MR) is 110 cm³/mol. The first kappa shape index (κ1) is 20.9. The molecule has 0 aliphatic heterocycles. The Hall–Kier alpha value is -4.00. The van der Waals surface area contributed by atoms with Crippen molar-refractivity contribution in [1.82, 2.24) is 14.4 Å². The van der Waals surface area contributed by atoms with E-state index in [1.165, 1.54) is 24.4 Å². The van der Waals surface area contributed by atoms with Crippen molar-refractivity contribution >= 4 is 17.2 Å². The Labute approximate surface area is 184 Å². The van der Waals surface area contributed by atoms with Gasteiger partial charge in [-0.3, -0.25) is 4.40 Å². The zero-order chi connectivity index (χ0) is 23.3. The van der Waals surface area contributed by atoms with Crippen molar-refractivity contribution in [2.45, 2.75) is 24.9 Å². The summed E-state index contributed by atoms with van der Waals surface area (Å²) in [5.41, 5.74) is 0.985. The Balaban J connectivity index is 1.60. The first-order valence-electron chi connectivity index (χ1n) is 9.97. The van der Waals surface area contributed by atoms with Crippen molar-refractivity contribution in [3.8, 4) is 17.5 Å². The monoisotopic (exact) mass is 455 g/mol. The maximum atomic E-state index is 14.0. The van der Waals surface area contributed by atoms with Crippen LogP contribution in [0, 0.1) is 23.0 Å². The van der Waals surface area contributed by atoms with Crippen LogP contribution in [0.3, 0.4) is 0 Å². The van der Waals surface area contributed by atoms with Crippen molar-refractivity contribution in [1.29, 1.82) is 5.26 Å². The lowest BCUT2D eigenvalue weighted by Crippen LogP contribution is -2.08. The summed E-state index contributed by atoms with van der Waals surface area (Å²) in [5.74, 6) is -1.59. The SMILES string of the molecule is N#Cc1cc(Nc2ccc(C(F)(F)F)c(F)c2)nc(-c2c(C3CC3)nc3ccc(F)cn23)c1. The lowest BCUT2D eigenvalue weighted by atomic mass is 10.1. The predicted octanol–water partition coefficient (Wildman–Crippen LogP) is 6.19. The van der Waals surface area contributed by atoms with Crippen molar-refractivity contribution in [2.75, 3.05) is 5.32 Å². The van der Waals surface area contributed by atoms with Crippen LogP contribution in [-0.4, -0.2) is 14.4 Å². The summed E-state index contributed by atoms with van der Waals surface area (Å²) in [6.07, 6.45) is -1.69. The number of nitrogens with one attached hydrogen (secondary N) is 1. The lowest BCUT2D eigenvalue weighted by Gasteiger charge is -2.12. The summed E-state index contributed by atoms with van der Waals surface area (Å²) in [6, 6.07) is 10.2. The summed E-state index contributed by atoms with van der Waals surface area (Å²) >= 11 is 0. The normalized spacial score (nSPS) is 13.8.